The topological polar surface area (TPSA) is 41.9 Å². The van der Waals surface area contributed by atoms with E-state index in [0.29, 0.717) is 28.2 Å². The lowest BCUT2D eigenvalue weighted by Crippen LogP contribution is -2.29. The Morgan fingerprint density at radius 3 is 3.12 bits per heavy atom. The predicted octanol–water partition coefficient (Wildman–Crippen LogP) is 2.73. The van der Waals surface area contributed by atoms with Gasteiger partial charge < -0.3 is 4.84 Å². The number of amides is 1. The number of carbonyl (C=O) groups excluding carboxylic acids is 1. The fourth-order valence-corrected chi connectivity index (χ4v) is 2.43. The molecular formula is C11H11ClN2O2S. The van der Waals surface area contributed by atoms with Crippen molar-refractivity contribution in [2.24, 2.45) is 5.16 Å². The van der Waals surface area contributed by atoms with E-state index in [2.05, 4.69) is 5.16 Å². The number of hydrogen-bond donors (Lipinski definition) is 0. The SMILES string of the molecule is CCO/N=C1\SCC(=O)N1c1cccc(Cl)c1. The lowest BCUT2D eigenvalue weighted by molar-refractivity contribution is -0.115. The molecule has 0 saturated carbocycles. The van der Waals surface area contributed by atoms with Crippen molar-refractivity contribution in [2.45, 2.75) is 6.92 Å². The van der Waals surface area contributed by atoms with E-state index in [-0.39, 0.29) is 5.91 Å². The summed E-state index contributed by atoms with van der Waals surface area (Å²) in [6.07, 6.45) is 0. The van der Waals surface area contributed by atoms with Crippen LogP contribution in [-0.2, 0) is 9.63 Å². The van der Waals surface area contributed by atoms with Gasteiger partial charge in [-0.1, -0.05) is 34.6 Å². The number of benzene rings is 1. The average molecular weight is 271 g/mol. The molecule has 6 heteroatoms. The smallest absolute Gasteiger partial charge is 0.243 e. The molecule has 1 aliphatic heterocycles. The van der Waals surface area contributed by atoms with Gasteiger partial charge >= 0.3 is 0 Å². The van der Waals surface area contributed by atoms with Gasteiger partial charge in [-0.05, 0) is 25.1 Å². The maximum absolute atomic E-state index is 11.8. The molecule has 0 atom stereocenters. The number of thioether (sulfide) groups is 1. The first-order valence-electron chi connectivity index (χ1n) is 5.13. The molecule has 0 bridgehead atoms. The first-order chi connectivity index (χ1) is 8.22. The summed E-state index contributed by atoms with van der Waals surface area (Å²) in [4.78, 5) is 18.3. The van der Waals surface area contributed by atoms with E-state index in [1.54, 1.807) is 18.2 Å². The van der Waals surface area contributed by atoms with Crippen molar-refractivity contribution >= 4 is 40.1 Å². The van der Waals surface area contributed by atoms with E-state index in [9.17, 15) is 4.79 Å². The summed E-state index contributed by atoms with van der Waals surface area (Å²) in [7, 11) is 0. The Bertz CT molecular complexity index is 465. The third kappa shape index (κ3) is 2.73. The van der Waals surface area contributed by atoms with Gasteiger partial charge in [0.05, 0.1) is 11.4 Å². The Hall–Kier alpha value is -1.20. The molecule has 0 aliphatic carbocycles. The zero-order chi connectivity index (χ0) is 12.3. The zero-order valence-electron chi connectivity index (χ0n) is 9.22. The summed E-state index contributed by atoms with van der Waals surface area (Å²) in [5.74, 6) is 0.356. The molecule has 0 spiro atoms. The molecule has 1 aromatic carbocycles. The van der Waals surface area contributed by atoms with Gasteiger partial charge in [0.15, 0.2) is 0 Å². The second-order valence-electron chi connectivity index (χ2n) is 3.29. The molecule has 1 amide bonds. The lowest BCUT2D eigenvalue weighted by atomic mass is 10.3. The van der Waals surface area contributed by atoms with E-state index in [0.717, 1.165) is 0 Å². The number of halogens is 1. The molecule has 90 valence electrons. The summed E-state index contributed by atoms with van der Waals surface area (Å²) in [5, 5.41) is 5.06. The second-order valence-corrected chi connectivity index (χ2v) is 4.67. The van der Waals surface area contributed by atoms with Crippen LogP contribution in [0, 0.1) is 0 Å². The van der Waals surface area contributed by atoms with E-state index in [1.165, 1.54) is 16.7 Å². The summed E-state index contributed by atoms with van der Waals surface area (Å²) < 4.78 is 0. The van der Waals surface area contributed by atoms with E-state index in [4.69, 9.17) is 16.4 Å². The molecule has 0 unspecified atom stereocenters. The largest absolute Gasteiger partial charge is 0.394 e. The minimum atomic E-state index is -0.0179. The minimum absolute atomic E-state index is 0.0179. The predicted molar refractivity (Wildman–Crippen MR) is 70.5 cm³/mol. The van der Waals surface area contributed by atoms with Crippen LogP contribution in [0.5, 0.6) is 0 Å². The van der Waals surface area contributed by atoms with Gasteiger partial charge in [0, 0.05) is 5.02 Å². The van der Waals surface area contributed by atoms with Crippen LogP contribution in [0.1, 0.15) is 6.92 Å². The van der Waals surface area contributed by atoms with Crippen molar-refractivity contribution in [2.75, 3.05) is 17.3 Å². The Balaban J connectivity index is 2.31. The van der Waals surface area contributed by atoms with Crippen LogP contribution >= 0.6 is 23.4 Å². The van der Waals surface area contributed by atoms with Crippen LogP contribution in [0.3, 0.4) is 0 Å². The van der Waals surface area contributed by atoms with Gasteiger partial charge in [0.2, 0.25) is 11.1 Å². The van der Waals surface area contributed by atoms with E-state index < -0.39 is 0 Å². The molecule has 0 aromatic heterocycles. The molecule has 1 aromatic rings. The van der Waals surface area contributed by atoms with Crippen molar-refractivity contribution in [1.29, 1.82) is 0 Å². The van der Waals surface area contributed by atoms with Crippen LogP contribution < -0.4 is 4.90 Å². The Morgan fingerprint density at radius 1 is 1.59 bits per heavy atom. The second kappa shape index (κ2) is 5.42. The molecule has 1 saturated heterocycles. The molecule has 17 heavy (non-hydrogen) atoms. The summed E-state index contributed by atoms with van der Waals surface area (Å²) in [6.45, 7) is 2.32. The summed E-state index contributed by atoms with van der Waals surface area (Å²) >= 11 is 7.26. The number of rotatable bonds is 3. The number of nitrogens with zero attached hydrogens (tertiary/aromatic N) is 2. The fraction of sp³-hybridized carbons (Fsp3) is 0.273. The fourth-order valence-electron chi connectivity index (χ4n) is 1.42. The standard InChI is InChI=1S/C11H11ClN2O2S/c1-2-16-13-11-14(10(15)7-17-11)9-5-3-4-8(12)6-9/h3-6H,2,7H2,1H3/b13-11-. The molecule has 1 aliphatic rings. The van der Waals surface area contributed by atoms with Gasteiger partial charge in [-0.15, -0.1) is 0 Å². The highest BCUT2D eigenvalue weighted by molar-refractivity contribution is 8.15. The molecule has 1 heterocycles. The molecular weight excluding hydrogens is 260 g/mol. The normalized spacial score (nSPS) is 17.9. The van der Waals surface area contributed by atoms with Gasteiger partial charge in [0.1, 0.15) is 6.61 Å². The van der Waals surface area contributed by atoms with Crippen LogP contribution in [0.15, 0.2) is 29.4 Å². The van der Waals surface area contributed by atoms with Gasteiger partial charge in [-0.2, -0.15) is 0 Å². The number of hydrogen-bond acceptors (Lipinski definition) is 4. The van der Waals surface area contributed by atoms with Crippen LogP contribution in [-0.4, -0.2) is 23.4 Å². The third-order valence-electron chi connectivity index (χ3n) is 2.10. The van der Waals surface area contributed by atoms with E-state index in [1.807, 2.05) is 13.0 Å². The first kappa shape index (κ1) is 12.3. The van der Waals surface area contributed by atoms with Gasteiger partial charge in [-0.25, -0.2) is 0 Å². The number of amidine groups is 1. The Kier molecular flexibility index (Phi) is 3.91. The van der Waals surface area contributed by atoms with Crippen molar-refractivity contribution in [3.63, 3.8) is 0 Å². The molecule has 4 nitrogen and oxygen atoms in total. The van der Waals surface area contributed by atoms with Crippen molar-refractivity contribution in [1.82, 2.24) is 0 Å². The number of oxime groups is 1. The summed E-state index contributed by atoms with van der Waals surface area (Å²) in [6, 6.07) is 7.11. The quantitative estimate of drug-likeness (QED) is 0.793. The highest BCUT2D eigenvalue weighted by Crippen LogP contribution is 2.28. The van der Waals surface area contributed by atoms with Crippen molar-refractivity contribution in [3.05, 3.63) is 29.3 Å². The minimum Gasteiger partial charge on any atom is -0.394 e. The first-order valence-corrected chi connectivity index (χ1v) is 6.50. The van der Waals surface area contributed by atoms with E-state index >= 15 is 0 Å². The van der Waals surface area contributed by atoms with Crippen molar-refractivity contribution < 1.29 is 9.63 Å². The Labute approximate surface area is 109 Å². The zero-order valence-corrected chi connectivity index (χ0v) is 10.8. The van der Waals surface area contributed by atoms with Gasteiger partial charge in [-0.3, -0.25) is 9.69 Å². The number of anilines is 1. The summed E-state index contributed by atoms with van der Waals surface area (Å²) in [5.41, 5.74) is 0.714. The number of carbonyl (C=O) groups is 1. The van der Waals surface area contributed by atoms with Crippen LogP contribution in [0.2, 0.25) is 5.02 Å². The maximum Gasteiger partial charge on any atom is 0.243 e. The highest BCUT2D eigenvalue weighted by atomic mass is 35.5. The monoisotopic (exact) mass is 270 g/mol. The average Bonchev–Trinajstić information content (AvgIpc) is 2.68. The molecule has 2 rings (SSSR count). The maximum atomic E-state index is 11.8. The molecule has 0 N–H and O–H groups in total. The third-order valence-corrected chi connectivity index (χ3v) is 3.25. The molecule has 1 fully saturated rings. The van der Waals surface area contributed by atoms with Gasteiger partial charge in [0.25, 0.3) is 0 Å². The molecule has 0 radical (unpaired) electrons. The highest BCUT2D eigenvalue weighted by Gasteiger charge is 2.30. The van der Waals surface area contributed by atoms with Crippen molar-refractivity contribution in [3.8, 4) is 0 Å². The Morgan fingerprint density at radius 2 is 2.41 bits per heavy atom. The van der Waals surface area contributed by atoms with Crippen LogP contribution in [0.4, 0.5) is 5.69 Å². The lowest BCUT2D eigenvalue weighted by Gasteiger charge is -2.15. The van der Waals surface area contributed by atoms with Crippen LogP contribution in [0.25, 0.3) is 0 Å².